The van der Waals surface area contributed by atoms with Gasteiger partial charge in [-0.3, -0.25) is 4.79 Å². The number of benzene rings is 1. The maximum absolute atomic E-state index is 12.7. The molecular weight excluding hydrogens is 374 g/mol. The van der Waals surface area contributed by atoms with Crippen LogP contribution in [0.5, 0.6) is 0 Å². The van der Waals surface area contributed by atoms with Gasteiger partial charge in [0.2, 0.25) is 0 Å². The van der Waals surface area contributed by atoms with Crippen LogP contribution in [0, 0.1) is 0 Å². The number of rotatable bonds is 2. The zero-order valence-electron chi connectivity index (χ0n) is 12.3. The second kappa shape index (κ2) is 6.02. The molecule has 2 aromatic heterocycles. The van der Waals surface area contributed by atoms with Crippen LogP contribution in [0.2, 0.25) is 0 Å². The number of nitrogens with zero attached hydrogens (tertiary/aromatic N) is 3. The molecule has 0 saturated carbocycles. The fourth-order valence-electron chi connectivity index (χ4n) is 2.90. The van der Waals surface area contributed by atoms with E-state index < -0.39 is 0 Å². The van der Waals surface area contributed by atoms with Crippen LogP contribution >= 0.6 is 27.3 Å². The molecule has 0 amide bonds. The maximum Gasteiger partial charge on any atom is 0.282 e. The molecule has 23 heavy (non-hydrogen) atoms. The zero-order chi connectivity index (χ0) is 15.8. The summed E-state index contributed by atoms with van der Waals surface area (Å²) in [4.78, 5) is 19.3. The Morgan fingerprint density at radius 3 is 2.83 bits per heavy atom. The van der Waals surface area contributed by atoms with E-state index in [9.17, 15) is 4.79 Å². The lowest BCUT2D eigenvalue weighted by atomic mass is 9.97. The lowest BCUT2D eigenvalue weighted by Gasteiger charge is -2.09. The van der Waals surface area contributed by atoms with E-state index in [2.05, 4.69) is 26.0 Å². The third-order valence-electron chi connectivity index (χ3n) is 4.06. The Balaban J connectivity index is 1.77. The highest BCUT2D eigenvalue weighted by molar-refractivity contribution is 9.10. The van der Waals surface area contributed by atoms with E-state index in [-0.39, 0.29) is 5.56 Å². The molecule has 0 atom stereocenters. The number of aromatic nitrogens is 2. The van der Waals surface area contributed by atoms with E-state index in [1.165, 1.54) is 27.9 Å². The summed E-state index contributed by atoms with van der Waals surface area (Å²) in [6.45, 7) is 0. The van der Waals surface area contributed by atoms with Gasteiger partial charge in [0.15, 0.2) is 0 Å². The van der Waals surface area contributed by atoms with Crippen molar-refractivity contribution in [1.29, 1.82) is 0 Å². The molecule has 4 rings (SSSR count). The number of hydrogen-bond acceptors (Lipinski definition) is 4. The van der Waals surface area contributed by atoms with Gasteiger partial charge in [-0.2, -0.15) is 9.78 Å². The standard InChI is InChI=1S/C17H14BrN3OS/c18-12-7-5-11(6-8-12)9-20-21-10-19-16-15(17(21)22)13-3-1-2-4-14(13)23-16/h5-10H,1-4H2/b20-9+. The molecular formula is C17H14BrN3OS. The predicted octanol–water partition coefficient (Wildman–Crippen LogP) is 3.98. The fourth-order valence-corrected chi connectivity index (χ4v) is 4.38. The second-order valence-electron chi connectivity index (χ2n) is 5.58. The molecule has 116 valence electrons. The van der Waals surface area contributed by atoms with Gasteiger partial charge in [0.1, 0.15) is 11.2 Å². The quantitative estimate of drug-likeness (QED) is 0.624. The van der Waals surface area contributed by atoms with Gasteiger partial charge in [-0.1, -0.05) is 28.1 Å². The third kappa shape index (κ3) is 2.77. The van der Waals surface area contributed by atoms with Crippen molar-refractivity contribution in [1.82, 2.24) is 9.66 Å². The van der Waals surface area contributed by atoms with Crippen molar-refractivity contribution in [3.05, 3.63) is 61.4 Å². The summed E-state index contributed by atoms with van der Waals surface area (Å²) in [5.74, 6) is 0. The lowest BCUT2D eigenvalue weighted by molar-refractivity contribution is 0.699. The molecule has 0 unspecified atom stereocenters. The SMILES string of the molecule is O=c1c2c3c(sc2ncn1/N=C/c1ccc(Br)cc1)CCCC3. The average molecular weight is 388 g/mol. The monoisotopic (exact) mass is 387 g/mol. The molecule has 0 N–H and O–H groups in total. The van der Waals surface area contributed by atoms with Crippen molar-refractivity contribution in [2.24, 2.45) is 5.10 Å². The molecule has 0 radical (unpaired) electrons. The Morgan fingerprint density at radius 2 is 2.00 bits per heavy atom. The van der Waals surface area contributed by atoms with E-state index in [0.717, 1.165) is 39.5 Å². The molecule has 3 aromatic rings. The van der Waals surface area contributed by atoms with Crippen LogP contribution in [-0.2, 0) is 12.8 Å². The largest absolute Gasteiger partial charge is 0.282 e. The van der Waals surface area contributed by atoms with E-state index >= 15 is 0 Å². The number of aryl methyl sites for hydroxylation is 2. The Bertz CT molecular complexity index is 956. The zero-order valence-corrected chi connectivity index (χ0v) is 14.7. The highest BCUT2D eigenvalue weighted by Gasteiger charge is 2.19. The van der Waals surface area contributed by atoms with Crippen LogP contribution in [0.3, 0.4) is 0 Å². The van der Waals surface area contributed by atoms with Gasteiger partial charge >= 0.3 is 0 Å². The summed E-state index contributed by atoms with van der Waals surface area (Å²) in [5.41, 5.74) is 2.07. The molecule has 0 aliphatic heterocycles. The number of fused-ring (bicyclic) bond motifs is 3. The van der Waals surface area contributed by atoms with Gasteiger partial charge < -0.3 is 0 Å². The average Bonchev–Trinajstić information content (AvgIpc) is 2.95. The van der Waals surface area contributed by atoms with Crippen molar-refractivity contribution in [2.45, 2.75) is 25.7 Å². The number of thiophene rings is 1. The smallest absolute Gasteiger partial charge is 0.267 e. The Labute approximate surface area is 145 Å². The van der Waals surface area contributed by atoms with Crippen molar-refractivity contribution < 1.29 is 0 Å². The van der Waals surface area contributed by atoms with Crippen LogP contribution in [0.1, 0.15) is 28.8 Å². The van der Waals surface area contributed by atoms with Crippen LogP contribution in [0.25, 0.3) is 10.2 Å². The van der Waals surface area contributed by atoms with Crippen LogP contribution < -0.4 is 5.56 Å². The number of hydrogen-bond donors (Lipinski definition) is 0. The van der Waals surface area contributed by atoms with E-state index in [1.807, 2.05) is 24.3 Å². The molecule has 0 bridgehead atoms. The van der Waals surface area contributed by atoms with Gasteiger partial charge in [0, 0.05) is 9.35 Å². The summed E-state index contributed by atoms with van der Waals surface area (Å²) in [6.07, 6.45) is 7.60. The first-order valence-electron chi connectivity index (χ1n) is 7.54. The van der Waals surface area contributed by atoms with Crippen LogP contribution in [0.15, 0.2) is 45.0 Å². The van der Waals surface area contributed by atoms with Crippen molar-refractivity contribution in [2.75, 3.05) is 0 Å². The van der Waals surface area contributed by atoms with Crippen LogP contribution in [-0.4, -0.2) is 15.9 Å². The van der Waals surface area contributed by atoms with E-state index in [4.69, 9.17) is 0 Å². The second-order valence-corrected chi connectivity index (χ2v) is 7.58. The maximum atomic E-state index is 12.7. The molecule has 1 aliphatic rings. The molecule has 0 spiro atoms. The van der Waals surface area contributed by atoms with Crippen molar-refractivity contribution in [3.63, 3.8) is 0 Å². The van der Waals surface area contributed by atoms with Gasteiger partial charge in [0.25, 0.3) is 5.56 Å². The van der Waals surface area contributed by atoms with Crippen molar-refractivity contribution >= 4 is 43.7 Å². The summed E-state index contributed by atoms with van der Waals surface area (Å²) < 4.78 is 2.35. The minimum absolute atomic E-state index is 0.0669. The predicted molar refractivity (Wildman–Crippen MR) is 97.7 cm³/mol. The molecule has 4 nitrogen and oxygen atoms in total. The summed E-state index contributed by atoms with van der Waals surface area (Å²) in [7, 11) is 0. The summed E-state index contributed by atoms with van der Waals surface area (Å²) in [5, 5.41) is 5.05. The first-order chi connectivity index (χ1) is 11.2. The van der Waals surface area contributed by atoms with Gasteiger partial charge in [-0.25, -0.2) is 4.98 Å². The summed E-state index contributed by atoms with van der Waals surface area (Å²) in [6, 6.07) is 7.77. The van der Waals surface area contributed by atoms with E-state index in [1.54, 1.807) is 17.6 Å². The minimum Gasteiger partial charge on any atom is -0.267 e. The molecule has 1 aromatic carbocycles. The Kier molecular flexibility index (Phi) is 3.87. The van der Waals surface area contributed by atoms with Crippen molar-refractivity contribution in [3.8, 4) is 0 Å². The molecule has 2 heterocycles. The minimum atomic E-state index is -0.0669. The van der Waals surface area contributed by atoms with E-state index in [0.29, 0.717) is 0 Å². The van der Waals surface area contributed by atoms with Crippen LogP contribution in [0.4, 0.5) is 0 Å². The normalized spacial score (nSPS) is 14.5. The molecule has 6 heteroatoms. The number of halogens is 1. The van der Waals surface area contributed by atoms with Gasteiger partial charge in [-0.15, -0.1) is 11.3 Å². The fraction of sp³-hybridized carbons (Fsp3) is 0.235. The topological polar surface area (TPSA) is 47.2 Å². The lowest BCUT2D eigenvalue weighted by Crippen LogP contribution is -2.18. The molecule has 0 fully saturated rings. The Hall–Kier alpha value is -1.79. The first kappa shape index (κ1) is 14.8. The Morgan fingerprint density at radius 1 is 1.22 bits per heavy atom. The first-order valence-corrected chi connectivity index (χ1v) is 9.15. The molecule has 0 saturated heterocycles. The third-order valence-corrected chi connectivity index (χ3v) is 5.79. The highest BCUT2D eigenvalue weighted by Crippen LogP contribution is 2.33. The van der Waals surface area contributed by atoms with Gasteiger partial charge in [-0.05, 0) is 48.9 Å². The van der Waals surface area contributed by atoms with Gasteiger partial charge in [0.05, 0.1) is 11.6 Å². The summed E-state index contributed by atoms with van der Waals surface area (Å²) >= 11 is 5.06. The highest BCUT2D eigenvalue weighted by atomic mass is 79.9. The molecule has 1 aliphatic carbocycles.